The lowest BCUT2D eigenvalue weighted by molar-refractivity contribution is -0.148. The average molecular weight is 190 g/mol. The molecule has 0 saturated carbocycles. The molecule has 0 unspecified atom stereocenters. The van der Waals surface area contributed by atoms with E-state index in [2.05, 4.69) is 0 Å². The van der Waals surface area contributed by atoms with Crippen molar-refractivity contribution >= 4 is 0 Å². The van der Waals surface area contributed by atoms with E-state index in [1.807, 2.05) is 27.7 Å². The molecule has 0 aromatic carbocycles. The Hall–Kier alpha value is -0.120. The fraction of sp³-hybridized carbons (Fsp3) is 1.00. The zero-order valence-electron chi connectivity index (χ0n) is 9.21. The van der Waals surface area contributed by atoms with Gasteiger partial charge in [-0.2, -0.15) is 0 Å². The molecular weight excluding hydrogens is 168 g/mol. The Balaban J connectivity index is 3.44. The molecule has 0 atom stereocenters. The summed E-state index contributed by atoms with van der Waals surface area (Å²) in [7, 11) is 0. The van der Waals surface area contributed by atoms with E-state index in [-0.39, 0.29) is 12.4 Å². The van der Waals surface area contributed by atoms with Gasteiger partial charge >= 0.3 is 0 Å². The van der Waals surface area contributed by atoms with E-state index in [0.717, 1.165) is 6.42 Å². The highest BCUT2D eigenvalue weighted by Gasteiger charge is 2.07. The van der Waals surface area contributed by atoms with Crippen molar-refractivity contribution in [1.82, 2.24) is 0 Å². The Morgan fingerprint density at radius 2 is 1.46 bits per heavy atom. The molecule has 0 aromatic heterocycles. The van der Waals surface area contributed by atoms with Gasteiger partial charge in [-0.15, -0.1) is 0 Å². The van der Waals surface area contributed by atoms with Crippen molar-refractivity contribution in [3.63, 3.8) is 0 Å². The number of hydrogen-bond donors (Lipinski definition) is 0. The van der Waals surface area contributed by atoms with E-state index in [0.29, 0.717) is 19.8 Å². The third-order valence-electron chi connectivity index (χ3n) is 1.51. The highest BCUT2D eigenvalue weighted by molar-refractivity contribution is 4.45. The first-order valence-electron chi connectivity index (χ1n) is 5.05. The second-order valence-electron chi connectivity index (χ2n) is 3.05. The Labute approximate surface area is 81.4 Å². The molecule has 0 heterocycles. The molecule has 3 nitrogen and oxygen atoms in total. The summed E-state index contributed by atoms with van der Waals surface area (Å²) < 4.78 is 16.1. The van der Waals surface area contributed by atoms with Gasteiger partial charge in [-0.05, 0) is 27.7 Å². The molecule has 0 aliphatic carbocycles. The van der Waals surface area contributed by atoms with Crippen LogP contribution in [0.15, 0.2) is 0 Å². The van der Waals surface area contributed by atoms with E-state index < -0.39 is 0 Å². The fourth-order valence-electron chi connectivity index (χ4n) is 0.987. The van der Waals surface area contributed by atoms with E-state index in [9.17, 15) is 0 Å². The molecule has 3 heteroatoms. The summed E-state index contributed by atoms with van der Waals surface area (Å²) in [5, 5.41) is 0. The van der Waals surface area contributed by atoms with E-state index in [1.165, 1.54) is 0 Å². The van der Waals surface area contributed by atoms with Crippen molar-refractivity contribution in [3.05, 3.63) is 0 Å². The molecule has 0 rings (SSSR count). The predicted octanol–water partition coefficient (Wildman–Crippen LogP) is 2.20. The summed E-state index contributed by atoms with van der Waals surface area (Å²) in [5.74, 6) is 0. The van der Waals surface area contributed by atoms with Crippen molar-refractivity contribution in [3.8, 4) is 0 Å². The van der Waals surface area contributed by atoms with Gasteiger partial charge in [0.1, 0.15) is 0 Å². The summed E-state index contributed by atoms with van der Waals surface area (Å²) in [4.78, 5) is 0. The summed E-state index contributed by atoms with van der Waals surface area (Å²) in [6.07, 6.45) is 0.984. The van der Waals surface area contributed by atoms with Gasteiger partial charge in [0.15, 0.2) is 6.29 Å². The quantitative estimate of drug-likeness (QED) is 0.549. The van der Waals surface area contributed by atoms with Crippen LogP contribution in [-0.2, 0) is 14.2 Å². The summed E-state index contributed by atoms with van der Waals surface area (Å²) in [5.41, 5.74) is 0. The molecule has 0 spiro atoms. The third kappa shape index (κ3) is 8.22. The largest absolute Gasteiger partial charge is 0.379 e. The van der Waals surface area contributed by atoms with Crippen LogP contribution >= 0.6 is 0 Å². The topological polar surface area (TPSA) is 27.7 Å². The first-order valence-corrected chi connectivity index (χ1v) is 5.05. The van der Waals surface area contributed by atoms with Crippen LogP contribution < -0.4 is 0 Å². The first kappa shape index (κ1) is 12.9. The van der Waals surface area contributed by atoms with E-state index in [4.69, 9.17) is 14.2 Å². The van der Waals surface area contributed by atoms with Crippen LogP contribution in [0, 0.1) is 0 Å². The number of ether oxygens (including phenoxy) is 3. The maximum absolute atomic E-state index is 5.40. The van der Waals surface area contributed by atoms with Crippen LogP contribution in [0.5, 0.6) is 0 Å². The smallest absolute Gasteiger partial charge is 0.159 e. The molecule has 0 bridgehead atoms. The molecule has 0 aliphatic heterocycles. The molecular formula is C10H22O3. The Morgan fingerprint density at radius 1 is 0.923 bits per heavy atom. The number of hydrogen-bond acceptors (Lipinski definition) is 3. The molecule has 13 heavy (non-hydrogen) atoms. The van der Waals surface area contributed by atoms with Crippen LogP contribution in [0.2, 0.25) is 0 Å². The second-order valence-corrected chi connectivity index (χ2v) is 3.05. The fourth-order valence-corrected chi connectivity index (χ4v) is 0.987. The molecule has 0 amide bonds. The van der Waals surface area contributed by atoms with Gasteiger partial charge in [-0.1, -0.05) is 0 Å². The van der Waals surface area contributed by atoms with Gasteiger partial charge in [-0.3, -0.25) is 0 Å². The molecule has 0 aliphatic rings. The Morgan fingerprint density at radius 3 is 1.85 bits per heavy atom. The lowest BCUT2D eigenvalue weighted by Crippen LogP contribution is -2.20. The van der Waals surface area contributed by atoms with E-state index >= 15 is 0 Å². The normalized spacial score (nSPS) is 11.5. The maximum atomic E-state index is 5.40. The van der Waals surface area contributed by atoms with Gasteiger partial charge in [0.25, 0.3) is 0 Å². The van der Waals surface area contributed by atoms with Gasteiger partial charge in [-0.25, -0.2) is 0 Å². The van der Waals surface area contributed by atoms with E-state index in [1.54, 1.807) is 0 Å². The van der Waals surface area contributed by atoms with Gasteiger partial charge in [0.2, 0.25) is 0 Å². The van der Waals surface area contributed by atoms with Crippen LogP contribution in [-0.4, -0.2) is 32.2 Å². The van der Waals surface area contributed by atoms with Crippen LogP contribution in [0.25, 0.3) is 0 Å². The first-order chi connectivity index (χ1) is 6.20. The zero-order valence-corrected chi connectivity index (χ0v) is 9.21. The van der Waals surface area contributed by atoms with Gasteiger partial charge in [0.05, 0.1) is 12.7 Å². The average Bonchev–Trinajstić information content (AvgIpc) is 2.04. The molecule has 0 radical (unpaired) electrons. The Bertz CT molecular complexity index is 98.3. The lowest BCUT2D eigenvalue weighted by atomic mass is 10.4. The van der Waals surface area contributed by atoms with Crippen LogP contribution in [0.4, 0.5) is 0 Å². The SMILES string of the molecule is CCOC(CCOC(C)C)OCC. The monoisotopic (exact) mass is 190 g/mol. The predicted molar refractivity (Wildman–Crippen MR) is 52.7 cm³/mol. The minimum Gasteiger partial charge on any atom is -0.379 e. The third-order valence-corrected chi connectivity index (χ3v) is 1.51. The van der Waals surface area contributed by atoms with Crippen molar-refractivity contribution in [1.29, 1.82) is 0 Å². The van der Waals surface area contributed by atoms with Crippen LogP contribution in [0.1, 0.15) is 34.1 Å². The minimum absolute atomic E-state index is 0.103. The lowest BCUT2D eigenvalue weighted by Gasteiger charge is -2.17. The standard InChI is InChI=1S/C10H22O3/c1-5-11-10(12-6-2)7-8-13-9(3)4/h9-10H,5-8H2,1-4H3. The van der Waals surface area contributed by atoms with Crippen molar-refractivity contribution in [2.45, 2.75) is 46.5 Å². The maximum Gasteiger partial charge on any atom is 0.159 e. The summed E-state index contributed by atoms with van der Waals surface area (Å²) >= 11 is 0. The van der Waals surface area contributed by atoms with Crippen LogP contribution in [0.3, 0.4) is 0 Å². The summed E-state index contributed by atoms with van der Waals surface area (Å²) in [6.45, 7) is 10.1. The van der Waals surface area contributed by atoms with Crippen molar-refractivity contribution < 1.29 is 14.2 Å². The zero-order chi connectivity index (χ0) is 10.1. The second kappa shape index (κ2) is 8.48. The molecule has 80 valence electrons. The van der Waals surface area contributed by atoms with Crippen molar-refractivity contribution in [2.24, 2.45) is 0 Å². The minimum atomic E-state index is -0.103. The molecule has 0 aromatic rings. The highest BCUT2D eigenvalue weighted by atomic mass is 16.7. The summed E-state index contributed by atoms with van der Waals surface area (Å²) in [6, 6.07) is 0. The van der Waals surface area contributed by atoms with Gasteiger partial charge in [0, 0.05) is 19.6 Å². The van der Waals surface area contributed by atoms with Gasteiger partial charge < -0.3 is 14.2 Å². The molecule has 0 N–H and O–H groups in total. The van der Waals surface area contributed by atoms with Crippen molar-refractivity contribution in [2.75, 3.05) is 19.8 Å². The molecule has 0 fully saturated rings. The highest BCUT2D eigenvalue weighted by Crippen LogP contribution is 2.02. The Kier molecular flexibility index (Phi) is 8.40. The molecule has 0 saturated heterocycles. The number of rotatable bonds is 8.